The van der Waals surface area contributed by atoms with Crippen LogP contribution in [0.15, 0.2) is 41.3 Å². The van der Waals surface area contributed by atoms with Crippen LogP contribution in [0.25, 0.3) is 0 Å². The molecule has 0 radical (unpaired) electrons. The van der Waals surface area contributed by atoms with Crippen molar-refractivity contribution in [3.8, 4) is 0 Å². The maximum absolute atomic E-state index is 9.26. The van der Waals surface area contributed by atoms with Gasteiger partial charge in [-0.05, 0) is 42.3 Å². The van der Waals surface area contributed by atoms with Crippen molar-refractivity contribution < 1.29 is 5.11 Å². The van der Waals surface area contributed by atoms with Crippen molar-refractivity contribution in [1.82, 2.24) is 0 Å². The van der Waals surface area contributed by atoms with Gasteiger partial charge in [-0.25, -0.2) is 0 Å². The van der Waals surface area contributed by atoms with Crippen LogP contribution in [0.2, 0.25) is 15.1 Å². The number of hydrogen-bond donors (Lipinski definition) is 2. The summed E-state index contributed by atoms with van der Waals surface area (Å²) in [5.74, 6) is 0. The van der Waals surface area contributed by atoms with Gasteiger partial charge in [-0.2, -0.15) is 0 Å². The smallest absolute Gasteiger partial charge is 0.0702 e. The maximum atomic E-state index is 9.26. The molecule has 100 valence electrons. The highest BCUT2D eigenvalue weighted by Gasteiger charge is 2.04. The van der Waals surface area contributed by atoms with E-state index in [0.29, 0.717) is 15.1 Å². The van der Waals surface area contributed by atoms with Crippen LogP contribution in [0.1, 0.15) is 5.56 Å². The Kier molecular flexibility index (Phi) is 5.25. The minimum atomic E-state index is -0.0541. The van der Waals surface area contributed by atoms with Gasteiger partial charge in [-0.3, -0.25) is 0 Å². The summed E-state index contributed by atoms with van der Waals surface area (Å²) in [7, 11) is 0. The first-order chi connectivity index (χ1) is 9.10. The van der Waals surface area contributed by atoms with E-state index < -0.39 is 0 Å². The van der Waals surface area contributed by atoms with Crippen LogP contribution < -0.4 is 4.72 Å². The molecule has 2 aromatic carbocycles. The minimum absolute atomic E-state index is 0.0541. The van der Waals surface area contributed by atoms with Crippen LogP contribution in [-0.2, 0) is 6.61 Å². The van der Waals surface area contributed by atoms with E-state index in [-0.39, 0.29) is 6.61 Å². The van der Waals surface area contributed by atoms with Gasteiger partial charge in [0.1, 0.15) is 0 Å². The Balaban J connectivity index is 2.13. The Morgan fingerprint density at radius 2 is 1.79 bits per heavy atom. The van der Waals surface area contributed by atoms with Crippen molar-refractivity contribution in [2.75, 3.05) is 4.72 Å². The highest BCUT2D eigenvalue weighted by molar-refractivity contribution is 8.00. The summed E-state index contributed by atoms with van der Waals surface area (Å²) in [5.41, 5.74) is 1.54. The Bertz CT molecular complexity index is 592. The molecule has 0 aromatic heterocycles. The maximum Gasteiger partial charge on any atom is 0.0702 e. The van der Waals surface area contributed by atoms with Crippen molar-refractivity contribution in [2.24, 2.45) is 0 Å². The molecule has 2 N–H and O–H groups in total. The molecule has 6 heteroatoms. The van der Waals surface area contributed by atoms with Gasteiger partial charge >= 0.3 is 0 Å². The number of aliphatic hydroxyl groups is 1. The van der Waals surface area contributed by atoms with Gasteiger partial charge in [0.15, 0.2) is 0 Å². The van der Waals surface area contributed by atoms with Crippen LogP contribution in [0.4, 0.5) is 5.69 Å². The average Bonchev–Trinajstić information content (AvgIpc) is 2.40. The van der Waals surface area contributed by atoms with Gasteiger partial charge in [0, 0.05) is 15.5 Å². The number of rotatable bonds is 4. The van der Waals surface area contributed by atoms with E-state index in [1.54, 1.807) is 30.3 Å². The molecule has 2 rings (SSSR count). The van der Waals surface area contributed by atoms with Gasteiger partial charge in [0.25, 0.3) is 0 Å². The summed E-state index contributed by atoms with van der Waals surface area (Å²) in [4.78, 5) is 0.915. The fourth-order valence-corrected chi connectivity index (χ4v) is 2.70. The third-order valence-electron chi connectivity index (χ3n) is 2.41. The van der Waals surface area contributed by atoms with Gasteiger partial charge < -0.3 is 9.83 Å². The zero-order chi connectivity index (χ0) is 13.8. The minimum Gasteiger partial charge on any atom is -0.392 e. The van der Waals surface area contributed by atoms with E-state index in [9.17, 15) is 5.11 Å². The predicted molar refractivity (Wildman–Crippen MR) is 83.3 cm³/mol. The van der Waals surface area contributed by atoms with E-state index in [2.05, 4.69) is 4.72 Å². The van der Waals surface area contributed by atoms with Gasteiger partial charge in [-0.15, -0.1) is 0 Å². The van der Waals surface area contributed by atoms with Crippen molar-refractivity contribution >= 4 is 52.4 Å². The number of halogens is 3. The predicted octanol–water partition coefficient (Wildman–Crippen LogP) is 5.26. The molecule has 0 amide bonds. The van der Waals surface area contributed by atoms with E-state index in [1.165, 1.54) is 11.9 Å². The van der Waals surface area contributed by atoms with Crippen molar-refractivity contribution in [1.29, 1.82) is 0 Å². The fraction of sp³-hybridized carbons (Fsp3) is 0.0769. The third-order valence-corrected chi connectivity index (χ3v) is 4.20. The first kappa shape index (κ1) is 14.8. The van der Waals surface area contributed by atoms with E-state index in [0.717, 1.165) is 16.1 Å². The molecule has 0 bridgehead atoms. The number of nitrogens with one attached hydrogen (secondary N) is 1. The largest absolute Gasteiger partial charge is 0.392 e. The molecule has 0 spiro atoms. The van der Waals surface area contributed by atoms with E-state index in [1.807, 2.05) is 6.07 Å². The normalized spacial score (nSPS) is 10.5. The zero-order valence-corrected chi connectivity index (χ0v) is 12.7. The summed E-state index contributed by atoms with van der Waals surface area (Å²) < 4.78 is 3.14. The molecular weight excluding hydrogens is 325 g/mol. The van der Waals surface area contributed by atoms with Gasteiger partial charge in [-0.1, -0.05) is 40.9 Å². The molecule has 2 nitrogen and oxygen atoms in total. The fourth-order valence-electron chi connectivity index (χ4n) is 1.44. The standard InChI is InChI=1S/C13H10Cl3NOS/c14-9-2-1-8(7-18)13(5-9)17-19-10-3-4-11(15)12(16)6-10/h1-6,17-18H,7H2. The lowest BCUT2D eigenvalue weighted by molar-refractivity contribution is 0.282. The molecule has 19 heavy (non-hydrogen) atoms. The Morgan fingerprint density at radius 3 is 2.47 bits per heavy atom. The first-order valence-corrected chi connectivity index (χ1v) is 7.32. The molecule has 0 aliphatic rings. The molecular formula is C13H10Cl3NOS. The lowest BCUT2D eigenvalue weighted by atomic mass is 10.2. The number of hydrogen-bond acceptors (Lipinski definition) is 3. The highest BCUT2D eigenvalue weighted by Crippen LogP contribution is 2.30. The van der Waals surface area contributed by atoms with Crippen molar-refractivity contribution in [3.63, 3.8) is 0 Å². The zero-order valence-electron chi connectivity index (χ0n) is 9.66. The van der Waals surface area contributed by atoms with Crippen LogP contribution in [0, 0.1) is 0 Å². The number of benzene rings is 2. The Labute approximate surface area is 130 Å². The molecule has 0 saturated heterocycles. The molecule has 0 fully saturated rings. The quantitative estimate of drug-likeness (QED) is 0.748. The Hall–Kier alpha value is -0.580. The summed E-state index contributed by atoms with van der Waals surface area (Å²) >= 11 is 19.1. The lowest BCUT2D eigenvalue weighted by Crippen LogP contribution is -1.94. The number of anilines is 1. The van der Waals surface area contributed by atoms with E-state index in [4.69, 9.17) is 34.8 Å². The molecule has 0 aliphatic carbocycles. The highest BCUT2D eigenvalue weighted by atomic mass is 35.5. The Morgan fingerprint density at radius 1 is 1.00 bits per heavy atom. The van der Waals surface area contributed by atoms with Gasteiger partial charge in [0.05, 0.1) is 22.3 Å². The topological polar surface area (TPSA) is 32.3 Å². The summed E-state index contributed by atoms with van der Waals surface area (Å²) in [6, 6.07) is 10.6. The molecule has 0 unspecified atom stereocenters. The van der Waals surface area contributed by atoms with Crippen LogP contribution in [0.5, 0.6) is 0 Å². The van der Waals surface area contributed by atoms with Crippen molar-refractivity contribution in [3.05, 3.63) is 57.0 Å². The summed E-state index contributed by atoms with van der Waals surface area (Å²) in [6.07, 6.45) is 0. The second-order valence-corrected chi connectivity index (χ2v) is 5.87. The van der Waals surface area contributed by atoms with Gasteiger partial charge in [0.2, 0.25) is 0 Å². The van der Waals surface area contributed by atoms with Crippen LogP contribution in [-0.4, -0.2) is 5.11 Å². The molecule has 2 aromatic rings. The summed E-state index contributed by atoms with van der Waals surface area (Å²) in [6.45, 7) is -0.0541. The van der Waals surface area contributed by atoms with Crippen LogP contribution >= 0.6 is 46.8 Å². The van der Waals surface area contributed by atoms with E-state index >= 15 is 0 Å². The monoisotopic (exact) mass is 333 g/mol. The second-order valence-electron chi connectivity index (χ2n) is 3.74. The average molecular weight is 335 g/mol. The second kappa shape index (κ2) is 6.73. The summed E-state index contributed by atoms with van der Waals surface area (Å²) in [5, 5.41) is 10.9. The SMILES string of the molecule is OCc1ccc(Cl)cc1NSc1ccc(Cl)c(Cl)c1. The number of aliphatic hydroxyl groups excluding tert-OH is 1. The third kappa shape index (κ3) is 3.94. The first-order valence-electron chi connectivity index (χ1n) is 5.37. The van der Waals surface area contributed by atoms with Crippen LogP contribution in [0.3, 0.4) is 0 Å². The molecule has 0 heterocycles. The molecule has 0 saturated carbocycles. The van der Waals surface area contributed by atoms with Crippen molar-refractivity contribution in [2.45, 2.75) is 11.5 Å². The lowest BCUT2D eigenvalue weighted by Gasteiger charge is -2.10. The molecule has 0 aliphatic heterocycles. The molecule has 0 atom stereocenters.